The van der Waals surface area contributed by atoms with Crippen molar-refractivity contribution in [2.75, 3.05) is 0 Å². The molecule has 2 heterocycles. The van der Waals surface area contributed by atoms with Crippen molar-refractivity contribution in [3.63, 3.8) is 0 Å². The van der Waals surface area contributed by atoms with Gasteiger partial charge in [0.1, 0.15) is 5.78 Å². The second-order valence-corrected chi connectivity index (χ2v) is 5.56. The molecule has 2 saturated heterocycles. The topological polar surface area (TPSA) is 26.3 Å². The first-order chi connectivity index (χ1) is 6.29. The number of halogens is 1. The van der Waals surface area contributed by atoms with E-state index in [-0.39, 0.29) is 22.8 Å². The zero-order valence-corrected chi connectivity index (χ0v) is 8.48. The van der Waals surface area contributed by atoms with Crippen LogP contribution in [0.2, 0.25) is 0 Å². The Morgan fingerprint density at radius 2 is 1.85 bits per heavy atom. The van der Waals surface area contributed by atoms with E-state index in [4.69, 9.17) is 4.74 Å². The molecule has 0 amide bonds. The number of hydrogen-bond donors (Lipinski definition) is 0. The maximum atomic E-state index is 11.9. The third-order valence-electron chi connectivity index (χ3n) is 4.13. The number of ether oxygens (including phenoxy) is 1. The molecule has 2 aliphatic heterocycles. The third kappa shape index (κ3) is 0.572. The molecule has 0 aromatic carbocycles. The summed E-state index contributed by atoms with van der Waals surface area (Å²) in [5.74, 6) is 1.61. The van der Waals surface area contributed by atoms with Crippen molar-refractivity contribution in [3.05, 3.63) is 12.2 Å². The molecule has 0 aromatic rings. The summed E-state index contributed by atoms with van der Waals surface area (Å²) in [5.41, 5.74) is 0. The zero-order chi connectivity index (χ0) is 8.74. The molecule has 6 bridgehead atoms. The second-order valence-electron chi connectivity index (χ2n) is 4.50. The number of carbonyl (C=O) groups excluding carboxylic acids is 1. The maximum absolute atomic E-state index is 11.9. The molecule has 13 heavy (non-hydrogen) atoms. The Hall–Kier alpha value is -0.150. The summed E-state index contributed by atoms with van der Waals surface area (Å²) in [6, 6.07) is 0. The molecule has 3 heteroatoms. The smallest absolute Gasteiger partial charge is 0.144 e. The average Bonchev–Trinajstić information content (AvgIpc) is 2.61. The van der Waals surface area contributed by atoms with Crippen LogP contribution >= 0.6 is 15.9 Å². The molecule has 68 valence electrons. The Morgan fingerprint density at radius 1 is 1.15 bits per heavy atom. The van der Waals surface area contributed by atoms with Crippen LogP contribution in [0.3, 0.4) is 0 Å². The van der Waals surface area contributed by atoms with Crippen molar-refractivity contribution in [2.24, 2.45) is 23.7 Å². The van der Waals surface area contributed by atoms with Crippen LogP contribution in [-0.4, -0.2) is 22.8 Å². The summed E-state index contributed by atoms with van der Waals surface area (Å²) in [6.07, 6.45) is 4.92. The van der Waals surface area contributed by atoms with Gasteiger partial charge in [-0.25, -0.2) is 0 Å². The van der Waals surface area contributed by atoms with Gasteiger partial charge < -0.3 is 4.74 Å². The largest absolute Gasteiger partial charge is 0.372 e. The molecule has 0 unspecified atom stereocenters. The fraction of sp³-hybridized carbons (Fsp3) is 0.700. The minimum atomic E-state index is 0.175. The summed E-state index contributed by atoms with van der Waals surface area (Å²) >= 11 is 3.61. The molecule has 5 aliphatic rings. The van der Waals surface area contributed by atoms with Crippen LogP contribution in [0.25, 0.3) is 0 Å². The van der Waals surface area contributed by atoms with Gasteiger partial charge in [-0.3, -0.25) is 4.79 Å². The van der Waals surface area contributed by atoms with Crippen molar-refractivity contribution >= 4 is 21.7 Å². The first-order valence-corrected chi connectivity index (χ1v) is 5.72. The lowest BCUT2D eigenvalue weighted by Gasteiger charge is -2.34. The van der Waals surface area contributed by atoms with Crippen LogP contribution in [-0.2, 0) is 9.53 Å². The molecule has 2 nitrogen and oxygen atoms in total. The molecule has 3 aliphatic carbocycles. The van der Waals surface area contributed by atoms with Crippen LogP contribution in [0.5, 0.6) is 0 Å². The zero-order valence-electron chi connectivity index (χ0n) is 6.89. The van der Waals surface area contributed by atoms with Gasteiger partial charge in [-0.1, -0.05) is 28.1 Å². The van der Waals surface area contributed by atoms with E-state index >= 15 is 0 Å². The Kier molecular flexibility index (Phi) is 1.07. The molecule has 2 saturated carbocycles. The highest BCUT2D eigenvalue weighted by atomic mass is 79.9. The lowest BCUT2D eigenvalue weighted by molar-refractivity contribution is -0.128. The van der Waals surface area contributed by atoms with Gasteiger partial charge in [0.15, 0.2) is 0 Å². The number of carbonyl (C=O) groups is 1. The van der Waals surface area contributed by atoms with Gasteiger partial charge in [0.25, 0.3) is 0 Å². The van der Waals surface area contributed by atoms with Crippen LogP contribution in [0, 0.1) is 23.7 Å². The second kappa shape index (κ2) is 1.94. The standard InChI is InChI=1S/C10H9BrO2/c11-7-5-3-1-2-4-6(8(5)12)10(7)13-9(3)4/h1-7,9-10H/t3-,4-,5+,6-,7-,9-,10-/m0/s1. The van der Waals surface area contributed by atoms with Crippen molar-refractivity contribution in [3.8, 4) is 0 Å². The van der Waals surface area contributed by atoms with E-state index in [1.54, 1.807) is 0 Å². The highest BCUT2D eigenvalue weighted by molar-refractivity contribution is 9.09. The van der Waals surface area contributed by atoms with Crippen LogP contribution in [0.15, 0.2) is 12.2 Å². The predicted octanol–water partition coefficient (Wildman–Crippen LogP) is 1.15. The fourth-order valence-electron chi connectivity index (χ4n) is 3.66. The summed E-state index contributed by atoms with van der Waals surface area (Å²) in [5, 5.41) is 0. The molecule has 5 rings (SSSR count). The van der Waals surface area contributed by atoms with E-state index in [0.29, 0.717) is 23.7 Å². The number of ketones is 1. The normalized spacial score (nSPS) is 65.6. The third-order valence-corrected chi connectivity index (χ3v) is 5.22. The minimum Gasteiger partial charge on any atom is -0.372 e. The first-order valence-electron chi connectivity index (χ1n) is 4.80. The van der Waals surface area contributed by atoms with E-state index in [1.165, 1.54) is 0 Å². The highest BCUT2D eigenvalue weighted by Crippen LogP contribution is 2.60. The van der Waals surface area contributed by atoms with Gasteiger partial charge in [0.05, 0.1) is 23.0 Å². The van der Waals surface area contributed by atoms with Gasteiger partial charge in [0, 0.05) is 17.8 Å². The quantitative estimate of drug-likeness (QED) is 0.469. The lowest BCUT2D eigenvalue weighted by Crippen LogP contribution is -2.42. The molecule has 0 aromatic heterocycles. The van der Waals surface area contributed by atoms with Crippen LogP contribution < -0.4 is 0 Å². The molecule has 7 atom stereocenters. The monoisotopic (exact) mass is 240 g/mol. The van der Waals surface area contributed by atoms with E-state index in [2.05, 4.69) is 28.1 Å². The predicted molar refractivity (Wildman–Crippen MR) is 49.5 cm³/mol. The van der Waals surface area contributed by atoms with Gasteiger partial charge in [-0.15, -0.1) is 0 Å². The highest BCUT2D eigenvalue weighted by Gasteiger charge is 2.69. The van der Waals surface area contributed by atoms with Crippen LogP contribution in [0.1, 0.15) is 0 Å². The van der Waals surface area contributed by atoms with Crippen LogP contribution in [0.4, 0.5) is 0 Å². The number of hydrogen-bond acceptors (Lipinski definition) is 2. The van der Waals surface area contributed by atoms with Crippen molar-refractivity contribution in [1.82, 2.24) is 0 Å². The van der Waals surface area contributed by atoms with E-state index in [1.807, 2.05) is 0 Å². The summed E-state index contributed by atoms with van der Waals surface area (Å²) < 4.78 is 5.89. The van der Waals surface area contributed by atoms with Gasteiger partial charge in [0.2, 0.25) is 0 Å². The van der Waals surface area contributed by atoms with E-state index in [0.717, 1.165) is 0 Å². The van der Waals surface area contributed by atoms with E-state index < -0.39 is 0 Å². The minimum absolute atomic E-state index is 0.175. The molecular formula is C10H9BrO2. The summed E-state index contributed by atoms with van der Waals surface area (Å²) in [6.45, 7) is 0. The maximum Gasteiger partial charge on any atom is 0.144 e. The van der Waals surface area contributed by atoms with Crippen molar-refractivity contribution in [1.29, 1.82) is 0 Å². The molecule has 0 spiro atoms. The average molecular weight is 241 g/mol. The van der Waals surface area contributed by atoms with Gasteiger partial charge in [-0.05, 0) is 0 Å². The van der Waals surface area contributed by atoms with Crippen molar-refractivity contribution in [2.45, 2.75) is 17.0 Å². The first kappa shape index (κ1) is 7.18. The number of rotatable bonds is 0. The molecule has 4 fully saturated rings. The van der Waals surface area contributed by atoms with Gasteiger partial charge in [-0.2, -0.15) is 0 Å². The fourth-order valence-corrected chi connectivity index (χ4v) is 4.72. The Bertz CT molecular complexity index is 334. The Labute approximate surface area is 84.5 Å². The Morgan fingerprint density at radius 3 is 2.62 bits per heavy atom. The summed E-state index contributed by atoms with van der Waals surface area (Å²) in [7, 11) is 0. The molecule has 0 N–H and O–H groups in total. The van der Waals surface area contributed by atoms with Gasteiger partial charge >= 0.3 is 0 Å². The molecular weight excluding hydrogens is 232 g/mol. The summed E-state index contributed by atoms with van der Waals surface area (Å²) in [4.78, 5) is 12.2. The number of Topliss-reactive ketones (excluding diaryl/α,β-unsaturated/α-hetero) is 1. The molecule has 0 radical (unpaired) electrons. The number of alkyl halides is 1. The lowest BCUT2D eigenvalue weighted by atomic mass is 9.76. The SMILES string of the molecule is O=C1[C@@H]2[C@@H]3C=C[C@@H]4[C@@H]3O[C@@H]2[C@@H](Br)[C@H]14. The van der Waals surface area contributed by atoms with Crippen molar-refractivity contribution < 1.29 is 9.53 Å². The Balaban J connectivity index is 1.97. The van der Waals surface area contributed by atoms with E-state index in [9.17, 15) is 4.79 Å².